The van der Waals surface area contributed by atoms with Crippen molar-refractivity contribution in [1.82, 2.24) is 0 Å². The van der Waals surface area contributed by atoms with Gasteiger partial charge in [0.2, 0.25) is 5.79 Å². The number of aliphatic hydroxyl groups excluding tert-OH is 8. The predicted molar refractivity (Wildman–Crippen MR) is 106 cm³/mol. The van der Waals surface area contributed by atoms with Crippen molar-refractivity contribution in [2.45, 2.75) is 54.8 Å². The van der Waals surface area contributed by atoms with Gasteiger partial charge in [-0.25, -0.2) is 0 Å². The number of nitrogens with two attached hydrogens (primary N) is 2. The fraction of sp³-hybridized carbons (Fsp3) is 0.778. The van der Waals surface area contributed by atoms with Crippen LogP contribution in [0.15, 0.2) is 24.6 Å². The zero-order valence-electron chi connectivity index (χ0n) is 17.3. The molecule has 0 amide bonds. The Bertz CT molecular complexity index is 568. The van der Waals surface area contributed by atoms with E-state index in [0.29, 0.717) is 13.2 Å². The Labute approximate surface area is 184 Å². The molecule has 9 atom stereocenters. The van der Waals surface area contributed by atoms with Gasteiger partial charge in [-0.3, -0.25) is 0 Å². The van der Waals surface area contributed by atoms with Crippen molar-refractivity contribution in [3.8, 4) is 0 Å². The Kier molecular flexibility index (Phi) is 12.5. The molecule has 0 aromatic carbocycles. The topological polar surface area (TPSA) is 251 Å². The summed E-state index contributed by atoms with van der Waals surface area (Å²) in [6.07, 6.45) is -6.30. The third-order valence-electron chi connectivity index (χ3n) is 4.77. The summed E-state index contributed by atoms with van der Waals surface area (Å²) in [6.45, 7) is -1.24. The van der Waals surface area contributed by atoms with Crippen LogP contribution >= 0.6 is 0 Å². The highest BCUT2D eigenvalue weighted by molar-refractivity contribution is 4.98. The molecule has 0 saturated carbocycles. The standard InChI is InChI=1S/C12H22O11.C6H12N2O/c13-1-4-6(16)8(18)9(19)11(21-4)23-12(3-15)10(20)7(17)5(2-14)22-12;7-3-1-5-9-6-2-4-8/h4-11,13-20H,1-3H2;1-4H,5-8H2/b;3-1+,4-2+/t4-,5-,6-,7-,8+,9-,10+,11-,12+;/m1./s1. The van der Waals surface area contributed by atoms with Crippen molar-refractivity contribution in [2.75, 3.05) is 33.0 Å². The quantitative estimate of drug-likeness (QED) is 0.141. The first-order valence-corrected chi connectivity index (χ1v) is 9.78. The molecule has 2 saturated heterocycles. The Morgan fingerprint density at radius 2 is 1.34 bits per heavy atom. The molecule has 2 aliphatic rings. The molecular weight excluding hydrogens is 436 g/mol. The second-order valence-corrected chi connectivity index (χ2v) is 6.95. The highest BCUT2D eigenvalue weighted by Gasteiger charge is 2.58. The minimum atomic E-state index is -2.22. The molecule has 0 unspecified atom stereocenters. The monoisotopic (exact) mass is 470 g/mol. The normalized spacial score (nSPS) is 40.0. The lowest BCUT2D eigenvalue weighted by molar-refractivity contribution is -0.383. The maximum atomic E-state index is 10.00. The summed E-state index contributed by atoms with van der Waals surface area (Å²) in [4.78, 5) is 0. The molecule has 0 aliphatic carbocycles. The minimum absolute atomic E-state index is 0.542. The van der Waals surface area contributed by atoms with E-state index in [4.69, 9.17) is 40.6 Å². The van der Waals surface area contributed by atoms with Gasteiger partial charge in [-0.05, 0) is 24.6 Å². The van der Waals surface area contributed by atoms with E-state index in [0.717, 1.165) is 0 Å². The van der Waals surface area contributed by atoms with Crippen molar-refractivity contribution in [3.05, 3.63) is 24.6 Å². The second kappa shape index (κ2) is 14.0. The first-order valence-electron chi connectivity index (χ1n) is 9.78. The maximum absolute atomic E-state index is 10.00. The number of hydrogen-bond donors (Lipinski definition) is 10. The van der Waals surface area contributed by atoms with Crippen molar-refractivity contribution < 1.29 is 59.8 Å². The molecule has 2 heterocycles. The summed E-state index contributed by atoms with van der Waals surface area (Å²) in [5.41, 5.74) is 10.1. The SMILES string of the molecule is N/C=C/COC/C=C/N.OC[C@H]1O[C@@](CO)(O[C@H]2O[C@H](CO)[C@@H](O)[C@H](O)[C@H]2O)[C@@H](O)[C@@H]1O. The first kappa shape index (κ1) is 28.6. The van der Waals surface area contributed by atoms with Crippen LogP contribution in [0.5, 0.6) is 0 Å². The van der Waals surface area contributed by atoms with Crippen LogP contribution in [-0.2, 0) is 18.9 Å². The van der Waals surface area contributed by atoms with Crippen LogP contribution in [0, 0.1) is 0 Å². The lowest BCUT2D eigenvalue weighted by atomic mass is 9.99. The van der Waals surface area contributed by atoms with Gasteiger partial charge in [0.1, 0.15) is 49.3 Å². The van der Waals surface area contributed by atoms with E-state index >= 15 is 0 Å². The molecule has 32 heavy (non-hydrogen) atoms. The van der Waals surface area contributed by atoms with E-state index in [2.05, 4.69) is 0 Å². The summed E-state index contributed by atoms with van der Waals surface area (Å²) in [5.74, 6) is -2.22. The van der Waals surface area contributed by atoms with Gasteiger partial charge in [0.25, 0.3) is 0 Å². The van der Waals surface area contributed by atoms with E-state index in [1.807, 2.05) is 0 Å². The van der Waals surface area contributed by atoms with E-state index in [9.17, 15) is 30.6 Å². The van der Waals surface area contributed by atoms with Crippen molar-refractivity contribution in [1.29, 1.82) is 0 Å². The lowest BCUT2D eigenvalue weighted by Crippen LogP contribution is -2.62. The van der Waals surface area contributed by atoms with Crippen molar-refractivity contribution in [2.24, 2.45) is 11.5 Å². The number of ether oxygens (including phenoxy) is 4. The van der Waals surface area contributed by atoms with Gasteiger partial charge in [-0.1, -0.05) is 0 Å². The van der Waals surface area contributed by atoms with Crippen LogP contribution in [0.1, 0.15) is 0 Å². The Morgan fingerprint density at radius 3 is 1.78 bits per heavy atom. The van der Waals surface area contributed by atoms with Crippen LogP contribution in [0.4, 0.5) is 0 Å². The number of aliphatic hydroxyl groups is 8. The summed E-state index contributed by atoms with van der Waals surface area (Å²) in [5, 5.41) is 76.7. The van der Waals surface area contributed by atoms with Crippen LogP contribution < -0.4 is 11.5 Å². The smallest absolute Gasteiger partial charge is 0.224 e. The largest absolute Gasteiger partial charge is 0.405 e. The van der Waals surface area contributed by atoms with Crippen molar-refractivity contribution in [3.63, 3.8) is 0 Å². The highest BCUT2D eigenvalue weighted by atomic mass is 16.8. The molecule has 0 aromatic rings. The van der Waals surface area contributed by atoms with E-state index in [1.165, 1.54) is 12.4 Å². The van der Waals surface area contributed by atoms with Gasteiger partial charge >= 0.3 is 0 Å². The Balaban J connectivity index is 0.000000482. The summed E-state index contributed by atoms with van der Waals surface area (Å²) >= 11 is 0. The highest BCUT2D eigenvalue weighted by Crippen LogP contribution is 2.35. The van der Waals surface area contributed by atoms with Crippen LogP contribution in [-0.4, -0.2) is 129 Å². The van der Waals surface area contributed by atoms with Gasteiger partial charge in [0.15, 0.2) is 6.29 Å². The summed E-state index contributed by atoms with van der Waals surface area (Å²) in [6, 6.07) is 0. The predicted octanol–water partition coefficient (Wildman–Crippen LogP) is -5.45. The van der Waals surface area contributed by atoms with Gasteiger partial charge in [0, 0.05) is 0 Å². The van der Waals surface area contributed by atoms with E-state index in [-0.39, 0.29) is 0 Å². The van der Waals surface area contributed by atoms with Crippen molar-refractivity contribution >= 4 is 0 Å². The second-order valence-electron chi connectivity index (χ2n) is 6.95. The van der Waals surface area contributed by atoms with Crippen LogP contribution in [0.3, 0.4) is 0 Å². The Hall–Kier alpha value is -1.40. The van der Waals surface area contributed by atoms with E-state index in [1.54, 1.807) is 12.2 Å². The van der Waals surface area contributed by atoms with Gasteiger partial charge in [0.05, 0.1) is 26.4 Å². The number of rotatable bonds is 9. The molecule has 14 nitrogen and oxygen atoms in total. The maximum Gasteiger partial charge on any atom is 0.224 e. The summed E-state index contributed by atoms with van der Waals surface area (Å²) < 4.78 is 20.4. The third kappa shape index (κ3) is 7.05. The molecule has 12 N–H and O–H groups in total. The fourth-order valence-corrected chi connectivity index (χ4v) is 2.95. The van der Waals surface area contributed by atoms with Gasteiger partial charge < -0.3 is 71.3 Å². The lowest BCUT2D eigenvalue weighted by Gasteiger charge is -2.43. The molecule has 2 fully saturated rings. The molecule has 2 rings (SSSR count). The molecule has 0 aromatic heterocycles. The Morgan fingerprint density at radius 1 is 0.781 bits per heavy atom. The fourth-order valence-electron chi connectivity index (χ4n) is 2.95. The molecule has 0 spiro atoms. The molecule has 0 bridgehead atoms. The molecular formula is C18H34N2O12. The first-order chi connectivity index (χ1) is 15.2. The summed E-state index contributed by atoms with van der Waals surface area (Å²) in [7, 11) is 0. The van der Waals surface area contributed by atoms with Crippen LogP contribution in [0.2, 0.25) is 0 Å². The molecule has 0 radical (unpaired) electrons. The third-order valence-corrected chi connectivity index (χ3v) is 4.77. The zero-order chi connectivity index (χ0) is 24.3. The minimum Gasteiger partial charge on any atom is -0.405 e. The molecule has 14 heteroatoms. The van der Waals surface area contributed by atoms with Gasteiger partial charge in [-0.15, -0.1) is 0 Å². The number of hydrogen-bond acceptors (Lipinski definition) is 14. The average molecular weight is 470 g/mol. The van der Waals surface area contributed by atoms with Gasteiger partial charge in [-0.2, -0.15) is 0 Å². The zero-order valence-corrected chi connectivity index (χ0v) is 17.3. The molecule has 2 aliphatic heterocycles. The van der Waals surface area contributed by atoms with E-state index < -0.39 is 74.6 Å². The molecule has 188 valence electrons. The average Bonchev–Trinajstić information content (AvgIpc) is 3.04. The van der Waals surface area contributed by atoms with Crippen LogP contribution in [0.25, 0.3) is 0 Å².